The van der Waals surface area contributed by atoms with Crippen molar-refractivity contribution in [3.05, 3.63) is 27.7 Å². The molecule has 0 saturated heterocycles. The van der Waals surface area contributed by atoms with Crippen LogP contribution in [0.2, 0.25) is 5.02 Å². The van der Waals surface area contributed by atoms with Crippen molar-refractivity contribution in [1.82, 2.24) is 5.32 Å². The lowest BCUT2D eigenvalue weighted by Gasteiger charge is -2.36. The minimum Gasteiger partial charge on any atom is -0.480 e. The Morgan fingerprint density at radius 1 is 1.60 bits per heavy atom. The van der Waals surface area contributed by atoms with Crippen LogP contribution in [0.15, 0.2) is 22.7 Å². The summed E-state index contributed by atoms with van der Waals surface area (Å²) in [6.07, 6.45) is 1.85. The molecule has 1 aromatic rings. The summed E-state index contributed by atoms with van der Waals surface area (Å²) in [5, 5.41) is 13.2. The van der Waals surface area contributed by atoms with Crippen LogP contribution in [0.3, 0.4) is 0 Å². The quantitative estimate of drug-likeness (QED) is 0.847. The van der Waals surface area contributed by atoms with Crippen molar-refractivity contribution in [2.24, 2.45) is 0 Å². The van der Waals surface area contributed by atoms with E-state index in [1.165, 1.54) is 0 Å². The van der Waals surface area contributed by atoms with Gasteiger partial charge in [-0.15, -0.1) is 0 Å². The lowest BCUT2D eigenvalue weighted by Crippen LogP contribution is -2.50. The van der Waals surface area contributed by atoms with E-state index < -0.39 is 11.7 Å². The van der Waals surface area contributed by atoms with Crippen LogP contribution in [-0.4, -0.2) is 29.3 Å². The predicted molar refractivity (Wildman–Crippen MR) is 81.1 cm³/mol. The number of halogens is 2. The van der Waals surface area contributed by atoms with Crippen LogP contribution in [-0.2, 0) is 4.79 Å². The van der Waals surface area contributed by atoms with Gasteiger partial charge in [-0.1, -0.05) is 11.6 Å². The maximum atomic E-state index is 11.9. The molecule has 20 heavy (non-hydrogen) atoms. The molecule has 0 radical (unpaired) electrons. The molecule has 0 bridgehead atoms. The Labute approximate surface area is 131 Å². The summed E-state index contributed by atoms with van der Waals surface area (Å²) in [7, 11) is 0. The molecule has 1 unspecified atom stereocenters. The van der Waals surface area contributed by atoms with Gasteiger partial charge < -0.3 is 15.2 Å². The van der Waals surface area contributed by atoms with E-state index in [4.69, 9.17) is 16.3 Å². The van der Waals surface area contributed by atoms with Gasteiger partial charge in [-0.05, 0) is 60.3 Å². The summed E-state index contributed by atoms with van der Waals surface area (Å²) in [6, 6.07) is 5.11. The summed E-state index contributed by atoms with van der Waals surface area (Å²) in [4.78, 5) is 11.9. The first kappa shape index (κ1) is 15.6. The van der Waals surface area contributed by atoms with Crippen molar-refractivity contribution in [3.63, 3.8) is 0 Å². The summed E-state index contributed by atoms with van der Waals surface area (Å²) >= 11 is 9.18. The number of amides is 1. The predicted octanol–water partition coefficient (Wildman–Crippen LogP) is 2.90. The van der Waals surface area contributed by atoms with Crippen LogP contribution in [0.1, 0.15) is 26.2 Å². The van der Waals surface area contributed by atoms with Crippen LogP contribution in [0.25, 0.3) is 0 Å². The highest BCUT2D eigenvalue weighted by molar-refractivity contribution is 9.10. The van der Waals surface area contributed by atoms with E-state index in [2.05, 4.69) is 21.2 Å². The van der Waals surface area contributed by atoms with E-state index in [0.717, 1.165) is 19.3 Å². The Morgan fingerprint density at radius 3 is 2.85 bits per heavy atom. The van der Waals surface area contributed by atoms with E-state index in [9.17, 15) is 9.90 Å². The number of hydrogen-bond acceptors (Lipinski definition) is 3. The van der Waals surface area contributed by atoms with Gasteiger partial charge in [0.25, 0.3) is 5.91 Å². The van der Waals surface area contributed by atoms with Crippen LogP contribution in [0, 0.1) is 0 Å². The maximum absolute atomic E-state index is 11.9. The zero-order chi connectivity index (χ0) is 14.8. The van der Waals surface area contributed by atoms with E-state index in [1.54, 1.807) is 25.1 Å². The highest BCUT2D eigenvalue weighted by Crippen LogP contribution is 2.31. The second-order valence-electron chi connectivity index (χ2n) is 5.13. The van der Waals surface area contributed by atoms with E-state index in [1.807, 2.05) is 0 Å². The topological polar surface area (TPSA) is 58.6 Å². The summed E-state index contributed by atoms with van der Waals surface area (Å²) in [6.45, 7) is 1.95. The van der Waals surface area contributed by atoms with Crippen molar-refractivity contribution in [1.29, 1.82) is 0 Å². The molecule has 0 heterocycles. The third kappa shape index (κ3) is 3.87. The molecule has 0 aromatic heterocycles. The molecule has 1 aliphatic rings. The first-order valence-corrected chi connectivity index (χ1v) is 7.68. The van der Waals surface area contributed by atoms with E-state index in [-0.39, 0.29) is 12.5 Å². The number of aliphatic hydroxyl groups is 1. The molecular weight excluding hydrogens is 346 g/mol. The van der Waals surface area contributed by atoms with Crippen molar-refractivity contribution in [2.75, 3.05) is 6.54 Å². The molecule has 0 spiro atoms. The van der Waals surface area contributed by atoms with Crippen LogP contribution >= 0.6 is 27.5 Å². The van der Waals surface area contributed by atoms with E-state index >= 15 is 0 Å². The molecule has 6 heteroatoms. The largest absolute Gasteiger partial charge is 0.480 e. The number of carbonyl (C=O) groups is 1. The SMILES string of the molecule is CC(Oc1ccc(Cl)cc1Br)C(=O)NCC1(O)CCC1. The fourth-order valence-electron chi connectivity index (χ4n) is 1.97. The van der Waals surface area contributed by atoms with Crippen molar-refractivity contribution in [2.45, 2.75) is 37.9 Å². The molecule has 2 rings (SSSR count). The van der Waals surface area contributed by atoms with Gasteiger partial charge >= 0.3 is 0 Å². The zero-order valence-corrected chi connectivity index (χ0v) is 13.5. The van der Waals surface area contributed by atoms with E-state index in [0.29, 0.717) is 15.2 Å². The Kier molecular flexibility index (Phi) is 4.94. The second kappa shape index (κ2) is 6.33. The molecule has 2 N–H and O–H groups in total. The van der Waals surface area contributed by atoms with Crippen molar-refractivity contribution < 1.29 is 14.6 Å². The molecule has 110 valence electrons. The van der Waals surface area contributed by atoms with Gasteiger partial charge in [-0.3, -0.25) is 4.79 Å². The molecule has 0 aliphatic heterocycles. The van der Waals surface area contributed by atoms with Crippen LogP contribution in [0.4, 0.5) is 0 Å². The van der Waals surface area contributed by atoms with Crippen LogP contribution in [0.5, 0.6) is 5.75 Å². The Bertz CT molecular complexity index is 505. The van der Waals surface area contributed by atoms with Gasteiger partial charge in [0.15, 0.2) is 6.10 Å². The first-order valence-electron chi connectivity index (χ1n) is 6.51. The minimum atomic E-state index is -0.726. The lowest BCUT2D eigenvalue weighted by molar-refractivity contribution is -0.129. The van der Waals surface area contributed by atoms with Crippen LogP contribution < -0.4 is 10.1 Å². The molecular formula is C14H17BrClNO3. The monoisotopic (exact) mass is 361 g/mol. The van der Waals surface area contributed by atoms with Gasteiger partial charge in [-0.25, -0.2) is 0 Å². The highest BCUT2D eigenvalue weighted by atomic mass is 79.9. The fraction of sp³-hybridized carbons (Fsp3) is 0.500. The number of carbonyl (C=O) groups excluding carboxylic acids is 1. The molecule has 1 amide bonds. The number of ether oxygens (including phenoxy) is 1. The molecule has 1 saturated carbocycles. The molecule has 1 aromatic carbocycles. The van der Waals surface area contributed by atoms with Gasteiger partial charge in [0.2, 0.25) is 0 Å². The van der Waals surface area contributed by atoms with Gasteiger partial charge in [0.1, 0.15) is 5.75 Å². The maximum Gasteiger partial charge on any atom is 0.260 e. The Balaban J connectivity index is 1.87. The number of hydrogen-bond donors (Lipinski definition) is 2. The molecule has 1 fully saturated rings. The molecule has 4 nitrogen and oxygen atoms in total. The molecule has 1 atom stereocenters. The first-order chi connectivity index (χ1) is 9.39. The minimum absolute atomic E-state index is 0.243. The smallest absolute Gasteiger partial charge is 0.260 e. The second-order valence-corrected chi connectivity index (χ2v) is 6.42. The lowest BCUT2D eigenvalue weighted by atomic mass is 9.80. The zero-order valence-electron chi connectivity index (χ0n) is 11.2. The Morgan fingerprint density at radius 2 is 2.30 bits per heavy atom. The summed E-state index contributed by atoms with van der Waals surface area (Å²) in [5.74, 6) is 0.312. The number of benzene rings is 1. The van der Waals surface area contributed by atoms with Crippen molar-refractivity contribution >= 4 is 33.4 Å². The normalized spacial score (nSPS) is 18.0. The highest BCUT2D eigenvalue weighted by Gasteiger charge is 2.35. The summed E-state index contributed by atoms with van der Waals surface area (Å²) in [5.41, 5.74) is -0.726. The van der Waals surface area contributed by atoms with Gasteiger partial charge in [0.05, 0.1) is 10.1 Å². The number of rotatable bonds is 5. The van der Waals surface area contributed by atoms with Crippen molar-refractivity contribution in [3.8, 4) is 5.75 Å². The average molecular weight is 363 g/mol. The molecule has 1 aliphatic carbocycles. The standard InChI is InChI=1S/C14H17BrClNO3/c1-9(13(18)17-8-14(19)5-2-6-14)20-12-4-3-10(16)7-11(12)15/h3-4,7,9,19H,2,5-6,8H2,1H3,(H,17,18). The third-order valence-electron chi connectivity index (χ3n) is 3.44. The average Bonchev–Trinajstić information content (AvgIpc) is 2.36. The van der Waals surface area contributed by atoms with Gasteiger partial charge in [-0.2, -0.15) is 0 Å². The number of nitrogens with one attached hydrogen (secondary N) is 1. The summed E-state index contributed by atoms with van der Waals surface area (Å²) < 4.78 is 6.28. The van der Waals surface area contributed by atoms with Gasteiger partial charge in [0, 0.05) is 11.6 Å². The fourth-order valence-corrected chi connectivity index (χ4v) is 2.75. The third-order valence-corrected chi connectivity index (χ3v) is 4.30. The Hall–Kier alpha value is -0.780.